The number of hydrogen-bond donors (Lipinski definition) is 3. The van der Waals surface area contributed by atoms with E-state index in [2.05, 4.69) is 0 Å². The van der Waals surface area contributed by atoms with E-state index in [1.54, 1.807) is 0 Å². The first-order valence-electron chi connectivity index (χ1n) is 3.01. The van der Waals surface area contributed by atoms with E-state index in [4.69, 9.17) is 15.3 Å². The Morgan fingerprint density at radius 3 is 1.08 bits per heavy atom. The van der Waals surface area contributed by atoms with E-state index >= 15 is 0 Å². The van der Waals surface area contributed by atoms with Gasteiger partial charge in [0.15, 0.2) is 0 Å². The van der Waals surface area contributed by atoms with Gasteiger partial charge in [0.25, 0.3) is 0 Å². The van der Waals surface area contributed by atoms with Crippen LogP contribution in [0.1, 0.15) is 0 Å². The van der Waals surface area contributed by atoms with E-state index in [1.165, 1.54) is 0 Å². The normalized spacial score (nSPS) is 4.46. The quantitative estimate of drug-likeness (QED) is 0.448. The molecule has 0 aliphatic heterocycles. The molecule has 0 heterocycles. The summed E-state index contributed by atoms with van der Waals surface area (Å²) in [4.78, 5) is 0. The maximum atomic E-state index is 7.00. The molecule has 4 heteroatoms. The maximum Gasteiger partial charge on any atom is 2.00 e. The van der Waals surface area contributed by atoms with Crippen molar-refractivity contribution in [3.63, 3.8) is 0 Å². The van der Waals surface area contributed by atoms with Gasteiger partial charge in [-0.15, -0.1) is 0 Å². The predicted octanol–water partition coefficient (Wildman–Crippen LogP) is 0.679. The molecule has 0 unspecified atom stereocenters. The summed E-state index contributed by atoms with van der Waals surface area (Å²) in [6, 6.07) is 10.0. The molecular formula is C9H20O3Ti. The number of aliphatic hydroxyl groups is 3. The van der Waals surface area contributed by atoms with Gasteiger partial charge in [-0.25, -0.2) is 12.1 Å². The molecule has 0 spiro atoms. The van der Waals surface area contributed by atoms with Gasteiger partial charge in [0, 0.05) is 21.3 Å². The molecule has 0 saturated carbocycles. The largest absolute Gasteiger partial charge is 2.00 e. The Morgan fingerprint density at radius 1 is 0.769 bits per heavy atom. The van der Waals surface area contributed by atoms with Gasteiger partial charge in [0.05, 0.1) is 0 Å². The number of rotatable bonds is 0. The van der Waals surface area contributed by atoms with Crippen molar-refractivity contribution in [2.24, 2.45) is 0 Å². The van der Waals surface area contributed by atoms with E-state index in [-0.39, 0.29) is 29.1 Å². The second-order valence-corrected chi connectivity index (χ2v) is 0.962. The molecule has 13 heavy (non-hydrogen) atoms. The molecule has 0 aliphatic carbocycles. The smallest absolute Gasteiger partial charge is 0.400 e. The van der Waals surface area contributed by atoms with Crippen molar-refractivity contribution < 1.29 is 37.0 Å². The van der Waals surface area contributed by atoms with Gasteiger partial charge in [-0.1, -0.05) is 0 Å². The first-order chi connectivity index (χ1) is 5.50. The van der Waals surface area contributed by atoms with Gasteiger partial charge in [-0.05, 0) is 0 Å². The fourth-order valence-corrected chi connectivity index (χ4v) is 0.321. The Bertz CT molecular complexity index is 71.3. The van der Waals surface area contributed by atoms with Crippen molar-refractivity contribution in [3.05, 3.63) is 37.8 Å². The molecule has 0 aliphatic rings. The summed E-state index contributed by atoms with van der Waals surface area (Å²) < 4.78 is 0. The minimum absolute atomic E-state index is 0. The van der Waals surface area contributed by atoms with Crippen LogP contribution in [-0.2, 0) is 21.7 Å². The van der Waals surface area contributed by atoms with Crippen molar-refractivity contribution in [1.29, 1.82) is 0 Å². The van der Waals surface area contributed by atoms with Gasteiger partial charge in [0.1, 0.15) is 0 Å². The Kier molecular flexibility index (Phi) is 132. The second-order valence-electron chi connectivity index (χ2n) is 0.962. The molecule has 0 fully saturated rings. The summed E-state index contributed by atoms with van der Waals surface area (Å²) in [7, 11) is 3.00. The maximum absolute atomic E-state index is 7.00. The van der Waals surface area contributed by atoms with Gasteiger partial charge in [-0.3, -0.25) is 0 Å². The van der Waals surface area contributed by atoms with Gasteiger partial charge in [0.2, 0.25) is 0 Å². The molecule has 1 aromatic carbocycles. The van der Waals surface area contributed by atoms with Crippen LogP contribution in [0.25, 0.3) is 0 Å². The van der Waals surface area contributed by atoms with E-state index in [1.807, 2.05) is 30.3 Å². The van der Waals surface area contributed by atoms with Crippen molar-refractivity contribution >= 4 is 0 Å². The third kappa shape index (κ3) is 48.3. The zero-order chi connectivity index (χ0) is 9.54. The van der Waals surface area contributed by atoms with Gasteiger partial charge in [-0.2, -0.15) is 18.2 Å². The van der Waals surface area contributed by atoms with E-state index in [9.17, 15) is 0 Å². The fraction of sp³-hybridized carbons (Fsp3) is 0.333. The average molecular weight is 224 g/mol. The van der Waals surface area contributed by atoms with Crippen molar-refractivity contribution in [2.45, 2.75) is 0 Å². The van der Waals surface area contributed by atoms with Crippen molar-refractivity contribution in [1.82, 2.24) is 0 Å². The number of aliphatic hydroxyl groups excluding tert-OH is 3. The fourth-order valence-electron chi connectivity index (χ4n) is 0.321. The molecule has 0 saturated heterocycles. The van der Waals surface area contributed by atoms with Crippen LogP contribution in [0.5, 0.6) is 0 Å². The molecule has 3 nitrogen and oxygen atoms in total. The average Bonchev–Trinajstić information content (AvgIpc) is 2.71. The Labute approximate surface area is 96.3 Å². The molecule has 1 rings (SSSR count). The van der Waals surface area contributed by atoms with Crippen molar-refractivity contribution in [2.75, 3.05) is 21.3 Å². The summed E-state index contributed by atoms with van der Waals surface area (Å²) in [6.45, 7) is 0. The third-order valence-electron chi connectivity index (χ3n) is 0.556. The first kappa shape index (κ1) is 29.3. The topological polar surface area (TPSA) is 60.7 Å². The molecule has 3 N–H and O–H groups in total. The summed E-state index contributed by atoms with van der Waals surface area (Å²) in [5, 5.41) is 21.0. The van der Waals surface area contributed by atoms with Crippen molar-refractivity contribution in [3.8, 4) is 0 Å². The van der Waals surface area contributed by atoms with Gasteiger partial charge < -0.3 is 22.7 Å². The van der Waals surface area contributed by atoms with Crippen LogP contribution in [0, 0.1) is 7.43 Å². The predicted molar refractivity (Wildman–Crippen MR) is 52.9 cm³/mol. The first-order valence-corrected chi connectivity index (χ1v) is 3.01. The van der Waals surface area contributed by atoms with Crippen LogP contribution >= 0.6 is 0 Å². The minimum Gasteiger partial charge on any atom is -0.400 e. The Balaban J connectivity index is -0.0000000239. The van der Waals surface area contributed by atoms with Crippen LogP contribution in [0.2, 0.25) is 0 Å². The molecule has 0 amide bonds. The van der Waals surface area contributed by atoms with Crippen LogP contribution in [-0.4, -0.2) is 36.6 Å². The molecule has 0 aromatic heterocycles. The standard InChI is InChI=1S/C5H5.3CH4O.CH3.Ti/c1-2-4-5-3-1;3*1-2;;/h1-5H;3*2H,1H3;1H3;/q-1;;;;-1;+2. The molecule has 0 radical (unpaired) electrons. The zero-order valence-corrected chi connectivity index (χ0v) is 10.3. The summed E-state index contributed by atoms with van der Waals surface area (Å²) in [5.41, 5.74) is 0. The summed E-state index contributed by atoms with van der Waals surface area (Å²) in [5.74, 6) is 0. The van der Waals surface area contributed by atoms with E-state index in [0.717, 1.165) is 21.3 Å². The zero-order valence-electron chi connectivity index (χ0n) is 8.73. The van der Waals surface area contributed by atoms with Crippen LogP contribution < -0.4 is 0 Å². The molecule has 1 aromatic rings. The monoisotopic (exact) mass is 224 g/mol. The summed E-state index contributed by atoms with van der Waals surface area (Å²) >= 11 is 0. The second kappa shape index (κ2) is 58.5. The minimum atomic E-state index is 0. The van der Waals surface area contributed by atoms with E-state index in [0.29, 0.717) is 0 Å². The molecular weight excluding hydrogens is 204 g/mol. The molecule has 78 valence electrons. The van der Waals surface area contributed by atoms with Crippen LogP contribution in [0.15, 0.2) is 30.3 Å². The van der Waals surface area contributed by atoms with Crippen LogP contribution in [0.4, 0.5) is 0 Å². The van der Waals surface area contributed by atoms with Gasteiger partial charge >= 0.3 is 21.7 Å². The van der Waals surface area contributed by atoms with Crippen LogP contribution in [0.3, 0.4) is 0 Å². The Hall–Kier alpha value is -0.0557. The SMILES string of the molecule is CO.CO.CO.[CH3-].[Ti+2].c1cc[cH-]c1. The molecule has 0 bridgehead atoms. The Morgan fingerprint density at radius 2 is 1.00 bits per heavy atom. The molecule has 0 atom stereocenters. The van der Waals surface area contributed by atoms with E-state index < -0.39 is 0 Å². The number of hydrogen-bond acceptors (Lipinski definition) is 3. The third-order valence-corrected chi connectivity index (χ3v) is 0.556. The summed E-state index contributed by atoms with van der Waals surface area (Å²) in [6.07, 6.45) is 0.